The largest absolute Gasteiger partial charge is 0.507 e. The number of aromatic hydroxyl groups is 1. The summed E-state index contributed by atoms with van der Waals surface area (Å²) in [6.07, 6.45) is -0.168. The number of hydrogen-bond acceptors (Lipinski definition) is 5. The van der Waals surface area contributed by atoms with E-state index in [1.807, 2.05) is 0 Å². The van der Waals surface area contributed by atoms with E-state index in [1.165, 1.54) is 30.3 Å². The first-order chi connectivity index (χ1) is 11.5. The Labute approximate surface area is 137 Å². The van der Waals surface area contributed by atoms with E-state index in [9.17, 15) is 19.1 Å². The molecule has 1 N–H and O–H groups in total. The lowest BCUT2D eigenvalue weighted by molar-refractivity contribution is 0.0915. The summed E-state index contributed by atoms with van der Waals surface area (Å²) in [5.41, 5.74) is 0.292. The van der Waals surface area contributed by atoms with Crippen LogP contribution >= 0.6 is 0 Å². The van der Waals surface area contributed by atoms with E-state index in [2.05, 4.69) is 0 Å². The van der Waals surface area contributed by atoms with E-state index >= 15 is 0 Å². The molecule has 0 radical (unpaired) electrons. The Balaban J connectivity index is 1.70. The van der Waals surface area contributed by atoms with Crippen LogP contribution in [0.1, 0.15) is 33.6 Å². The van der Waals surface area contributed by atoms with Crippen LogP contribution in [-0.2, 0) is 0 Å². The van der Waals surface area contributed by atoms with Gasteiger partial charge in [-0.2, -0.15) is 0 Å². The van der Waals surface area contributed by atoms with Gasteiger partial charge in [0.1, 0.15) is 24.8 Å². The number of halogens is 1. The first-order valence-corrected chi connectivity index (χ1v) is 7.49. The van der Waals surface area contributed by atoms with Crippen LogP contribution in [0.4, 0.5) is 4.39 Å². The molecule has 0 bridgehead atoms. The molecule has 2 aromatic rings. The number of ether oxygens (including phenoxy) is 2. The van der Waals surface area contributed by atoms with Crippen molar-refractivity contribution in [2.45, 2.75) is 12.8 Å². The Bertz CT molecular complexity index is 800. The fraction of sp³-hybridized carbons (Fsp3) is 0.222. The molecule has 0 unspecified atom stereocenters. The summed E-state index contributed by atoms with van der Waals surface area (Å²) in [6.45, 7) is 0.741. The van der Waals surface area contributed by atoms with Crippen molar-refractivity contribution >= 4 is 11.6 Å². The van der Waals surface area contributed by atoms with Gasteiger partial charge in [0.25, 0.3) is 0 Å². The van der Waals surface area contributed by atoms with Crippen molar-refractivity contribution in [3.8, 4) is 17.2 Å². The lowest BCUT2D eigenvalue weighted by Crippen LogP contribution is -2.16. The smallest absolute Gasteiger partial charge is 0.167 e. The summed E-state index contributed by atoms with van der Waals surface area (Å²) < 4.78 is 23.8. The second-order valence-corrected chi connectivity index (χ2v) is 5.37. The maximum absolute atomic E-state index is 13.1. The highest BCUT2D eigenvalue weighted by atomic mass is 19.1. The Morgan fingerprint density at radius 1 is 1.00 bits per heavy atom. The van der Waals surface area contributed by atoms with Crippen LogP contribution < -0.4 is 9.47 Å². The van der Waals surface area contributed by atoms with E-state index in [4.69, 9.17) is 9.47 Å². The normalized spacial score (nSPS) is 12.7. The van der Waals surface area contributed by atoms with Crippen molar-refractivity contribution in [2.24, 2.45) is 0 Å². The van der Waals surface area contributed by atoms with Crippen LogP contribution in [0.2, 0.25) is 0 Å². The number of Topliss-reactive ketones (excluding diaryl/α,β-unsaturated/α-hetero) is 2. The third kappa shape index (κ3) is 3.37. The zero-order chi connectivity index (χ0) is 17.1. The van der Waals surface area contributed by atoms with Crippen molar-refractivity contribution in [1.29, 1.82) is 0 Å². The number of fused-ring (bicyclic) bond motifs is 1. The molecule has 24 heavy (non-hydrogen) atoms. The van der Waals surface area contributed by atoms with Gasteiger partial charge in [0.05, 0.1) is 5.56 Å². The third-order valence-electron chi connectivity index (χ3n) is 3.69. The Kier molecular flexibility index (Phi) is 4.46. The van der Waals surface area contributed by atoms with E-state index in [0.717, 1.165) is 6.07 Å². The van der Waals surface area contributed by atoms with Gasteiger partial charge in [-0.05, 0) is 18.2 Å². The predicted octanol–water partition coefficient (Wildman–Crippen LogP) is 3.15. The molecule has 1 heterocycles. The summed E-state index contributed by atoms with van der Waals surface area (Å²) in [6, 6.07) is 8.06. The van der Waals surface area contributed by atoms with Gasteiger partial charge in [-0.1, -0.05) is 12.1 Å². The van der Waals surface area contributed by atoms with Gasteiger partial charge in [-0.25, -0.2) is 4.39 Å². The molecule has 0 atom stereocenters. The Hall–Kier alpha value is -2.89. The van der Waals surface area contributed by atoms with Gasteiger partial charge in [0.2, 0.25) is 0 Å². The van der Waals surface area contributed by atoms with Crippen molar-refractivity contribution in [3.63, 3.8) is 0 Å². The van der Waals surface area contributed by atoms with Crippen LogP contribution in [0.3, 0.4) is 0 Å². The molecule has 0 aromatic heterocycles. The van der Waals surface area contributed by atoms with Crippen LogP contribution in [0, 0.1) is 5.82 Å². The van der Waals surface area contributed by atoms with E-state index < -0.39 is 11.6 Å². The molecule has 124 valence electrons. The molecule has 1 aliphatic rings. The Morgan fingerprint density at radius 2 is 1.67 bits per heavy atom. The fourth-order valence-electron chi connectivity index (χ4n) is 2.47. The molecule has 0 saturated heterocycles. The number of phenols is 1. The van der Waals surface area contributed by atoms with E-state index in [-0.39, 0.29) is 35.5 Å². The van der Waals surface area contributed by atoms with Crippen molar-refractivity contribution in [3.05, 3.63) is 53.3 Å². The maximum atomic E-state index is 13.1. The van der Waals surface area contributed by atoms with Crippen molar-refractivity contribution in [1.82, 2.24) is 0 Å². The summed E-state index contributed by atoms with van der Waals surface area (Å²) in [4.78, 5) is 24.3. The molecular weight excluding hydrogens is 315 g/mol. The lowest BCUT2D eigenvalue weighted by atomic mass is 10.0. The predicted molar refractivity (Wildman–Crippen MR) is 83.4 cm³/mol. The molecule has 0 spiro atoms. The van der Waals surface area contributed by atoms with E-state index in [0.29, 0.717) is 24.7 Å². The van der Waals surface area contributed by atoms with Crippen LogP contribution in [0.15, 0.2) is 36.4 Å². The molecule has 0 saturated carbocycles. The molecular formula is C18H15FO5. The average molecular weight is 330 g/mol. The van der Waals surface area contributed by atoms with Gasteiger partial charge in [0.15, 0.2) is 23.1 Å². The summed E-state index contributed by atoms with van der Waals surface area (Å²) in [5.74, 6) is -0.682. The summed E-state index contributed by atoms with van der Waals surface area (Å²) in [7, 11) is 0. The molecule has 0 amide bonds. The monoisotopic (exact) mass is 330 g/mol. The molecule has 0 fully saturated rings. The quantitative estimate of drug-likeness (QED) is 0.853. The summed E-state index contributed by atoms with van der Waals surface area (Å²) >= 11 is 0. The molecule has 0 aliphatic carbocycles. The van der Waals surface area contributed by atoms with Gasteiger partial charge in [-0.15, -0.1) is 0 Å². The topological polar surface area (TPSA) is 72.8 Å². The van der Waals surface area contributed by atoms with Crippen molar-refractivity contribution < 1.29 is 28.6 Å². The average Bonchev–Trinajstić information content (AvgIpc) is 2.58. The van der Waals surface area contributed by atoms with Crippen molar-refractivity contribution in [2.75, 3.05) is 13.2 Å². The van der Waals surface area contributed by atoms with Crippen LogP contribution in [0.25, 0.3) is 0 Å². The second kappa shape index (κ2) is 6.70. The highest BCUT2D eigenvalue weighted by Gasteiger charge is 2.20. The molecule has 5 nitrogen and oxygen atoms in total. The fourth-order valence-corrected chi connectivity index (χ4v) is 2.47. The number of hydrogen-bond donors (Lipinski definition) is 1. The lowest BCUT2D eigenvalue weighted by Gasteiger charge is -2.19. The number of ketones is 2. The van der Waals surface area contributed by atoms with Gasteiger partial charge >= 0.3 is 0 Å². The number of carbonyl (C=O) groups is 2. The SMILES string of the molecule is O=C(CCC(=O)c1cc2c(cc1O)OCCO2)c1cccc(F)c1. The molecule has 3 rings (SSSR count). The van der Waals surface area contributed by atoms with Gasteiger partial charge in [-0.3, -0.25) is 9.59 Å². The zero-order valence-electron chi connectivity index (χ0n) is 12.8. The summed E-state index contributed by atoms with van der Waals surface area (Å²) in [5, 5.41) is 9.96. The first kappa shape index (κ1) is 16.0. The first-order valence-electron chi connectivity index (χ1n) is 7.49. The highest BCUT2D eigenvalue weighted by molar-refractivity contribution is 6.03. The third-order valence-corrected chi connectivity index (χ3v) is 3.69. The van der Waals surface area contributed by atoms with E-state index in [1.54, 1.807) is 0 Å². The van der Waals surface area contributed by atoms with Crippen LogP contribution in [0.5, 0.6) is 17.2 Å². The minimum Gasteiger partial charge on any atom is -0.507 e. The second-order valence-electron chi connectivity index (χ2n) is 5.37. The Morgan fingerprint density at radius 3 is 2.38 bits per heavy atom. The number of carbonyl (C=O) groups excluding carboxylic acids is 2. The highest BCUT2D eigenvalue weighted by Crippen LogP contribution is 2.36. The standard InChI is InChI=1S/C18H15FO5/c19-12-3-1-2-11(8-12)14(20)4-5-15(21)13-9-17-18(10-16(13)22)24-7-6-23-17/h1-3,8-10,22H,4-7H2. The number of phenolic OH excluding ortho intramolecular Hbond substituents is 1. The molecule has 1 aliphatic heterocycles. The minimum absolute atomic E-state index is 0.0732. The molecule has 6 heteroatoms. The van der Waals surface area contributed by atoms with Crippen LogP contribution in [-0.4, -0.2) is 29.9 Å². The number of rotatable bonds is 5. The van der Waals surface area contributed by atoms with Gasteiger partial charge < -0.3 is 14.6 Å². The molecule has 2 aromatic carbocycles. The van der Waals surface area contributed by atoms with Gasteiger partial charge in [0, 0.05) is 24.5 Å². The minimum atomic E-state index is -0.503. The zero-order valence-corrected chi connectivity index (χ0v) is 12.8. The number of benzene rings is 2. The maximum Gasteiger partial charge on any atom is 0.167 e.